The molecule has 0 saturated carbocycles. The Bertz CT molecular complexity index is 164. The van der Waals surface area contributed by atoms with Crippen LogP contribution in [0.15, 0.2) is 0 Å². The smallest absolute Gasteiger partial charge is 0.247 e. The fourth-order valence-electron chi connectivity index (χ4n) is 0.484. The highest BCUT2D eigenvalue weighted by Crippen LogP contribution is 1.77. The molecule has 62 valence electrons. The number of rotatable bonds is 5. The van der Waals surface area contributed by atoms with Crippen LogP contribution in [-0.4, -0.2) is 30.2 Å². The van der Waals surface area contributed by atoms with Crippen molar-refractivity contribution in [2.24, 2.45) is 5.73 Å². The minimum Gasteiger partial charge on any atom is -0.382 e. The van der Waals surface area contributed by atoms with Gasteiger partial charge in [-0.3, -0.25) is 4.79 Å². The van der Waals surface area contributed by atoms with Crippen molar-refractivity contribution < 1.29 is 9.90 Å². The van der Waals surface area contributed by atoms with Crippen molar-refractivity contribution in [3.05, 3.63) is 0 Å². The molecule has 0 radical (unpaired) electrons. The fraction of sp³-hybridized carbons (Fsp3) is 0.667. The van der Waals surface area contributed by atoms with Gasteiger partial charge in [0.1, 0.15) is 6.10 Å². The van der Waals surface area contributed by atoms with Gasteiger partial charge in [-0.25, -0.2) is 0 Å². The third-order valence-electron chi connectivity index (χ3n) is 1.08. The maximum atomic E-state index is 10.2. The number of hydrogen-bond donors (Lipinski definition) is 3. The molecule has 0 aromatic rings. The van der Waals surface area contributed by atoms with E-state index in [1.54, 1.807) is 0 Å². The molecule has 5 nitrogen and oxygen atoms in total. The van der Waals surface area contributed by atoms with Gasteiger partial charge in [-0.2, -0.15) is 5.26 Å². The molecule has 0 rings (SSSR count). The van der Waals surface area contributed by atoms with Crippen LogP contribution in [0.1, 0.15) is 6.42 Å². The summed E-state index contributed by atoms with van der Waals surface area (Å²) in [6.07, 6.45) is -0.806. The summed E-state index contributed by atoms with van der Waals surface area (Å²) in [6, 6.07) is 1.91. The number of hydrogen-bond acceptors (Lipinski definition) is 4. The van der Waals surface area contributed by atoms with E-state index in [2.05, 4.69) is 5.32 Å². The Hall–Kier alpha value is -1.12. The molecule has 0 heterocycles. The third kappa shape index (κ3) is 5.33. The van der Waals surface area contributed by atoms with Crippen LogP contribution in [0.4, 0.5) is 0 Å². The second-order valence-electron chi connectivity index (χ2n) is 2.03. The largest absolute Gasteiger partial charge is 0.382 e. The second kappa shape index (κ2) is 5.65. The van der Waals surface area contributed by atoms with Crippen LogP contribution in [0.2, 0.25) is 0 Å². The maximum absolute atomic E-state index is 10.2. The summed E-state index contributed by atoms with van der Waals surface area (Å²) in [5, 5.41) is 19.6. The van der Waals surface area contributed by atoms with Gasteiger partial charge in [0.05, 0.1) is 6.07 Å². The molecule has 4 N–H and O–H groups in total. The van der Waals surface area contributed by atoms with Crippen LogP contribution in [0.5, 0.6) is 0 Å². The predicted octanol–water partition coefficient (Wildman–Crippen LogP) is -1.66. The van der Waals surface area contributed by atoms with Crippen molar-refractivity contribution >= 4 is 5.91 Å². The first-order chi connectivity index (χ1) is 5.18. The van der Waals surface area contributed by atoms with Gasteiger partial charge >= 0.3 is 0 Å². The van der Waals surface area contributed by atoms with Gasteiger partial charge in [-0.1, -0.05) is 0 Å². The maximum Gasteiger partial charge on any atom is 0.247 e. The topological polar surface area (TPSA) is 99.1 Å². The summed E-state index contributed by atoms with van der Waals surface area (Å²) in [4.78, 5) is 10.2. The van der Waals surface area contributed by atoms with Crippen molar-refractivity contribution in [3.63, 3.8) is 0 Å². The number of carbonyl (C=O) groups is 1. The minimum atomic E-state index is -1.16. The van der Waals surface area contributed by atoms with Gasteiger partial charge in [0, 0.05) is 19.5 Å². The number of nitrogens with zero attached hydrogens (tertiary/aromatic N) is 1. The number of nitrogens with one attached hydrogen (secondary N) is 1. The SMILES string of the molecule is N#CCCNCC(O)C(N)=O. The van der Waals surface area contributed by atoms with E-state index in [4.69, 9.17) is 16.1 Å². The molecule has 0 aromatic heterocycles. The number of aliphatic hydroxyl groups excluding tert-OH is 1. The van der Waals surface area contributed by atoms with E-state index in [1.165, 1.54) is 0 Å². The van der Waals surface area contributed by atoms with Crippen molar-refractivity contribution in [3.8, 4) is 6.07 Å². The molecule has 0 fully saturated rings. The minimum absolute atomic E-state index is 0.108. The van der Waals surface area contributed by atoms with Gasteiger partial charge < -0.3 is 16.2 Å². The molecule has 0 aliphatic rings. The molecule has 0 aliphatic heterocycles. The quantitative estimate of drug-likeness (QED) is 0.416. The highest BCUT2D eigenvalue weighted by atomic mass is 16.3. The Morgan fingerprint density at radius 3 is 2.91 bits per heavy atom. The second-order valence-corrected chi connectivity index (χ2v) is 2.03. The lowest BCUT2D eigenvalue weighted by atomic mass is 10.3. The lowest BCUT2D eigenvalue weighted by molar-refractivity contribution is -0.125. The number of amides is 1. The Morgan fingerprint density at radius 1 is 1.82 bits per heavy atom. The zero-order chi connectivity index (χ0) is 8.69. The normalized spacial score (nSPS) is 12.0. The molecule has 1 amide bonds. The Balaban J connectivity index is 3.26. The monoisotopic (exact) mass is 157 g/mol. The zero-order valence-electron chi connectivity index (χ0n) is 6.08. The lowest BCUT2D eigenvalue weighted by Crippen LogP contribution is -2.37. The van der Waals surface area contributed by atoms with Crippen LogP contribution in [0.25, 0.3) is 0 Å². The molecule has 1 unspecified atom stereocenters. The molecule has 0 aliphatic carbocycles. The summed E-state index contributed by atoms with van der Waals surface area (Å²) >= 11 is 0. The van der Waals surface area contributed by atoms with E-state index in [0.29, 0.717) is 13.0 Å². The lowest BCUT2D eigenvalue weighted by Gasteiger charge is -2.05. The fourth-order valence-corrected chi connectivity index (χ4v) is 0.484. The van der Waals surface area contributed by atoms with E-state index in [0.717, 1.165) is 0 Å². The standard InChI is InChI=1S/C6H11N3O2/c7-2-1-3-9-4-5(10)6(8)11/h5,9-10H,1,3-4H2,(H2,8,11). The molecular weight excluding hydrogens is 146 g/mol. The Kier molecular flexibility index (Phi) is 5.07. The van der Waals surface area contributed by atoms with Crippen molar-refractivity contribution in [1.29, 1.82) is 5.26 Å². The number of nitrogens with two attached hydrogens (primary N) is 1. The van der Waals surface area contributed by atoms with Crippen LogP contribution in [-0.2, 0) is 4.79 Å². The average Bonchev–Trinajstić information content (AvgIpc) is 1.97. The summed E-state index contributed by atoms with van der Waals surface area (Å²) < 4.78 is 0. The van der Waals surface area contributed by atoms with Crippen molar-refractivity contribution in [2.75, 3.05) is 13.1 Å². The summed E-state index contributed by atoms with van der Waals surface area (Å²) in [6.45, 7) is 0.567. The summed E-state index contributed by atoms with van der Waals surface area (Å²) in [5.74, 6) is -0.755. The molecule has 0 spiro atoms. The molecule has 1 atom stereocenters. The van der Waals surface area contributed by atoms with Crippen LogP contribution in [0, 0.1) is 11.3 Å². The highest BCUT2D eigenvalue weighted by Gasteiger charge is 2.08. The van der Waals surface area contributed by atoms with Gasteiger partial charge in [-0.15, -0.1) is 0 Å². The van der Waals surface area contributed by atoms with Gasteiger partial charge in [0.2, 0.25) is 5.91 Å². The number of carbonyl (C=O) groups excluding carboxylic acids is 1. The first-order valence-corrected chi connectivity index (χ1v) is 3.23. The van der Waals surface area contributed by atoms with E-state index < -0.39 is 12.0 Å². The Morgan fingerprint density at radius 2 is 2.45 bits per heavy atom. The molecular formula is C6H11N3O2. The Labute approximate surface area is 64.8 Å². The van der Waals surface area contributed by atoms with E-state index in [1.807, 2.05) is 6.07 Å². The third-order valence-corrected chi connectivity index (χ3v) is 1.08. The zero-order valence-corrected chi connectivity index (χ0v) is 6.08. The van der Waals surface area contributed by atoms with E-state index in [-0.39, 0.29) is 6.54 Å². The summed E-state index contributed by atoms with van der Waals surface area (Å²) in [7, 11) is 0. The molecule has 11 heavy (non-hydrogen) atoms. The molecule has 0 saturated heterocycles. The number of nitriles is 1. The molecule has 5 heteroatoms. The number of aliphatic hydroxyl groups is 1. The van der Waals surface area contributed by atoms with Gasteiger partial charge in [0.25, 0.3) is 0 Å². The first kappa shape index (κ1) is 9.88. The molecule has 0 bridgehead atoms. The van der Waals surface area contributed by atoms with Crippen molar-refractivity contribution in [1.82, 2.24) is 5.32 Å². The summed E-state index contributed by atoms with van der Waals surface area (Å²) in [5.41, 5.74) is 4.76. The molecule has 0 aromatic carbocycles. The number of primary amides is 1. The first-order valence-electron chi connectivity index (χ1n) is 3.23. The van der Waals surface area contributed by atoms with E-state index in [9.17, 15) is 4.79 Å². The van der Waals surface area contributed by atoms with Crippen LogP contribution >= 0.6 is 0 Å². The van der Waals surface area contributed by atoms with E-state index >= 15 is 0 Å². The van der Waals surface area contributed by atoms with Crippen LogP contribution < -0.4 is 11.1 Å². The highest BCUT2D eigenvalue weighted by molar-refractivity contribution is 5.78. The predicted molar refractivity (Wildman–Crippen MR) is 38.3 cm³/mol. The van der Waals surface area contributed by atoms with Crippen LogP contribution in [0.3, 0.4) is 0 Å². The van der Waals surface area contributed by atoms with Crippen molar-refractivity contribution in [2.45, 2.75) is 12.5 Å². The van der Waals surface area contributed by atoms with Gasteiger partial charge in [-0.05, 0) is 0 Å². The van der Waals surface area contributed by atoms with Gasteiger partial charge in [0.15, 0.2) is 0 Å². The average molecular weight is 157 g/mol.